The van der Waals surface area contributed by atoms with Gasteiger partial charge in [0.15, 0.2) is 11.8 Å². The van der Waals surface area contributed by atoms with Crippen molar-refractivity contribution in [2.24, 2.45) is 0 Å². The van der Waals surface area contributed by atoms with Gasteiger partial charge in [0, 0.05) is 42.8 Å². The lowest BCUT2D eigenvalue weighted by Gasteiger charge is -2.46. The standard InChI is InChI=1S/C36H45N5O3/c1-24-21-33(42)40(34(24)43)25(2)35(44)38-18-15-36(16-19-38,27-9-5-4-6-10-27)17-20-39-28-13-14-29(39)23-30(22-28)41-26(3)37-31-11-7-8-12-32(31)41/h4-12,21,25,28-30,42-43H,13-20,22-23H2,1-3H3/t25?,28-,29+,30?. The average molecular weight is 596 g/mol. The zero-order valence-corrected chi connectivity index (χ0v) is 26.2. The summed E-state index contributed by atoms with van der Waals surface area (Å²) in [6, 6.07) is 22.0. The number of piperidine rings is 2. The third-order valence-corrected chi connectivity index (χ3v) is 11.2. The van der Waals surface area contributed by atoms with E-state index in [0.717, 1.165) is 37.1 Å². The van der Waals surface area contributed by atoms with Gasteiger partial charge < -0.3 is 19.7 Å². The second-order valence-corrected chi connectivity index (χ2v) is 13.5. The van der Waals surface area contributed by atoms with Crippen LogP contribution in [0.2, 0.25) is 0 Å². The predicted octanol–water partition coefficient (Wildman–Crippen LogP) is 6.25. The molecule has 8 nitrogen and oxygen atoms in total. The normalized spacial score (nSPS) is 24.2. The first-order valence-electron chi connectivity index (χ1n) is 16.4. The van der Waals surface area contributed by atoms with Crippen molar-refractivity contribution in [3.63, 3.8) is 0 Å². The molecule has 0 spiro atoms. The van der Waals surface area contributed by atoms with Crippen molar-refractivity contribution in [3.8, 4) is 11.8 Å². The molecular weight excluding hydrogens is 550 g/mol. The van der Waals surface area contributed by atoms with E-state index in [4.69, 9.17) is 4.98 Å². The van der Waals surface area contributed by atoms with Crippen LogP contribution < -0.4 is 0 Å². The van der Waals surface area contributed by atoms with Gasteiger partial charge in [-0.2, -0.15) is 0 Å². The lowest BCUT2D eigenvalue weighted by atomic mass is 9.70. The monoisotopic (exact) mass is 595 g/mol. The molecule has 4 atom stereocenters. The Bertz CT molecular complexity index is 1640. The highest BCUT2D eigenvalue weighted by Gasteiger charge is 2.44. The molecule has 0 radical (unpaired) electrons. The summed E-state index contributed by atoms with van der Waals surface area (Å²) >= 11 is 0. The second kappa shape index (κ2) is 11.3. The van der Waals surface area contributed by atoms with Gasteiger partial charge >= 0.3 is 0 Å². The quantitative estimate of drug-likeness (QED) is 0.264. The number of carbonyl (C=O) groups excluding carboxylic acids is 1. The lowest BCUT2D eigenvalue weighted by Crippen LogP contribution is -2.49. The number of nitrogens with zero attached hydrogens (tertiary/aromatic N) is 5. The third kappa shape index (κ3) is 4.87. The van der Waals surface area contributed by atoms with Crippen molar-refractivity contribution in [3.05, 3.63) is 77.6 Å². The maximum atomic E-state index is 13.6. The Morgan fingerprint density at radius 2 is 1.61 bits per heavy atom. The minimum Gasteiger partial charge on any atom is -0.494 e. The highest BCUT2D eigenvalue weighted by atomic mass is 16.3. The average Bonchev–Trinajstić information content (AvgIpc) is 3.60. The summed E-state index contributed by atoms with van der Waals surface area (Å²) in [5.74, 6) is 0.940. The first kappa shape index (κ1) is 29.0. The Kier molecular flexibility index (Phi) is 7.43. The van der Waals surface area contributed by atoms with Crippen LogP contribution in [0, 0.1) is 13.8 Å². The van der Waals surface area contributed by atoms with Crippen molar-refractivity contribution >= 4 is 16.9 Å². The van der Waals surface area contributed by atoms with Crippen LogP contribution in [0.1, 0.15) is 80.9 Å². The summed E-state index contributed by atoms with van der Waals surface area (Å²) in [4.78, 5) is 23.2. The first-order chi connectivity index (χ1) is 21.3. The van der Waals surface area contributed by atoms with E-state index < -0.39 is 6.04 Å². The number of hydrogen-bond acceptors (Lipinski definition) is 5. The number of amides is 1. The van der Waals surface area contributed by atoms with Crippen LogP contribution in [0.4, 0.5) is 0 Å². The zero-order valence-electron chi connectivity index (χ0n) is 26.2. The van der Waals surface area contributed by atoms with Crippen LogP contribution in [0.3, 0.4) is 0 Å². The molecule has 0 saturated carbocycles. The molecule has 1 amide bonds. The molecule has 3 aliphatic heterocycles. The molecule has 8 heteroatoms. The van der Waals surface area contributed by atoms with Crippen LogP contribution in [-0.4, -0.2) is 71.8 Å². The SMILES string of the molecule is Cc1cc(O)n(C(C)C(=O)N2CCC(CCN3[C@@H]4CC[C@H]3CC(n3c(C)nc5ccccc53)C4)(c3ccccc3)CC2)c1O. The van der Waals surface area contributed by atoms with E-state index in [1.807, 2.05) is 4.90 Å². The van der Waals surface area contributed by atoms with Crippen molar-refractivity contribution in [1.29, 1.82) is 0 Å². The Hall–Kier alpha value is -3.78. The maximum Gasteiger partial charge on any atom is 0.245 e. The molecule has 232 valence electrons. The summed E-state index contributed by atoms with van der Waals surface area (Å²) in [7, 11) is 0. The smallest absolute Gasteiger partial charge is 0.245 e. The molecule has 3 saturated heterocycles. The number of fused-ring (bicyclic) bond motifs is 3. The van der Waals surface area contributed by atoms with Crippen molar-refractivity contribution < 1.29 is 15.0 Å². The van der Waals surface area contributed by atoms with Crippen molar-refractivity contribution in [2.75, 3.05) is 19.6 Å². The van der Waals surface area contributed by atoms with Gasteiger partial charge in [-0.05, 0) is 95.4 Å². The van der Waals surface area contributed by atoms with E-state index in [0.29, 0.717) is 36.8 Å². The van der Waals surface area contributed by atoms with Crippen LogP contribution in [0.5, 0.6) is 11.8 Å². The Balaban J connectivity index is 1.05. The summed E-state index contributed by atoms with van der Waals surface area (Å²) < 4.78 is 3.84. The molecule has 2 N–H and O–H groups in total. The van der Waals surface area contributed by atoms with Crippen molar-refractivity contribution in [2.45, 2.75) is 95.3 Å². The van der Waals surface area contributed by atoms with Crippen LogP contribution >= 0.6 is 0 Å². The zero-order chi connectivity index (χ0) is 30.6. The number of benzene rings is 2. The Morgan fingerprint density at radius 3 is 2.27 bits per heavy atom. The summed E-state index contributed by atoms with van der Waals surface area (Å²) in [5, 5.41) is 20.8. The van der Waals surface area contributed by atoms with E-state index in [2.05, 4.69) is 71.0 Å². The lowest BCUT2D eigenvalue weighted by molar-refractivity contribution is -0.136. The number of imidazole rings is 1. The highest BCUT2D eigenvalue weighted by molar-refractivity contribution is 5.81. The number of likely N-dealkylation sites (tertiary alicyclic amines) is 1. The third-order valence-electron chi connectivity index (χ3n) is 11.2. The molecule has 0 aliphatic carbocycles. The number of aromatic nitrogens is 3. The number of carbonyl (C=O) groups is 1. The van der Waals surface area contributed by atoms with Gasteiger partial charge in [-0.15, -0.1) is 0 Å². The number of aryl methyl sites for hydroxylation is 2. The highest BCUT2D eigenvalue weighted by Crippen LogP contribution is 2.45. The second-order valence-electron chi connectivity index (χ2n) is 13.5. The summed E-state index contributed by atoms with van der Waals surface area (Å²) in [6.45, 7) is 8.06. The van der Waals surface area contributed by atoms with Crippen LogP contribution in [0.15, 0.2) is 60.7 Å². The molecule has 2 aromatic carbocycles. The van der Waals surface area contributed by atoms with E-state index in [9.17, 15) is 15.0 Å². The van der Waals surface area contributed by atoms with E-state index in [-0.39, 0.29) is 23.1 Å². The van der Waals surface area contributed by atoms with Gasteiger partial charge in [0.2, 0.25) is 5.91 Å². The molecule has 2 bridgehead atoms. The summed E-state index contributed by atoms with van der Waals surface area (Å²) in [6.07, 6.45) is 7.78. The van der Waals surface area contributed by atoms with Crippen LogP contribution in [-0.2, 0) is 10.2 Å². The fraction of sp³-hybridized carbons (Fsp3) is 0.500. The molecular formula is C36H45N5O3. The topological polar surface area (TPSA) is 86.8 Å². The fourth-order valence-corrected chi connectivity index (χ4v) is 8.80. The molecule has 3 aliphatic rings. The van der Waals surface area contributed by atoms with Gasteiger partial charge in [-0.1, -0.05) is 42.5 Å². The fourth-order valence-electron chi connectivity index (χ4n) is 8.80. The first-order valence-corrected chi connectivity index (χ1v) is 16.4. The minimum atomic E-state index is -0.666. The number of hydrogen-bond donors (Lipinski definition) is 2. The number of para-hydroxylation sites is 2. The number of aromatic hydroxyl groups is 2. The molecule has 4 aromatic rings. The number of rotatable bonds is 7. The molecule has 7 rings (SSSR count). The Morgan fingerprint density at radius 1 is 0.955 bits per heavy atom. The van der Waals surface area contributed by atoms with Crippen LogP contribution in [0.25, 0.3) is 11.0 Å². The van der Waals surface area contributed by atoms with Gasteiger partial charge in [0.05, 0.1) is 11.0 Å². The van der Waals surface area contributed by atoms with E-state index >= 15 is 0 Å². The van der Waals surface area contributed by atoms with Gasteiger partial charge in [-0.25, -0.2) is 4.98 Å². The molecule has 44 heavy (non-hydrogen) atoms. The van der Waals surface area contributed by atoms with E-state index in [1.165, 1.54) is 47.4 Å². The van der Waals surface area contributed by atoms with Gasteiger partial charge in [0.1, 0.15) is 11.9 Å². The van der Waals surface area contributed by atoms with Crippen molar-refractivity contribution in [1.82, 2.24) is 23.9 Å². The molecule has 3 fully saturated rings. The van der Waals surface area contributed by atoms with Gasteiger partial charge in [0.25, 0.3) is 0 Å². The molecule has 2 unspecified atom stereocenters. The molecule has 5 heterocycles. The Labute approximate surface area is 259 Å². The summed E-state index contributed by atoms with van der Waals surface area (Å²) in [5.41, 5.74) is 4.32. The van der Waals surface area contributed by atoms with E-state index in [1.54, 1.807) is 13.8 Å². The molecule has 2 aromatic heterocycles. The maximum absolute atomic E-state index is 13.6. The largest absolute Gasteiger partial charge is 0.494 e. The minimum absolute atomic E-state index is 0.0169. The predicted molar refractivity (Wildman–Crippen MR) is 172 cm³/mol. The van der Waals surface area contributed by atoms with Gasteiger partial charge in [-0.3, -0.25) is 14.3 Å².